The Kier molecular flexibility index (Phi) is 4.87. The molecule has 26 heavy (non-hydrogen) atoms. The topological polar surface area (TPSA) is 41.3 Å². The van der Waals surface area contributed by atoms with E-state index in [-0.39, 0.29) is 0 Å². The Balaban J connectivity index is 1.51. The van der Waals surface area contributed by atoms with Gasteiger partial charge in [0.05, 0.1) is 11.4 Å². The number of fused-ring (bicyclic) bond motifs is 1. The van der Waals surface area contributed by atoms with Crippen molar-refractivity contribution in [2.24, 2.45) is 0 Å². The molecule has 4 heteroatoms. The van der Waals surface area contributed by atoms with E-state index in [1.54, 1.807) is 0 Å². The molecule has 2 aromatic carbocycles. The quantitative estimate of drug-likeness (QED) is 0.783. The average molecular weight is 347 g/mol. The second-order valence-corrected chi connectivity index (χ2v) is 7.15. The smallest absolute Gasteiger partial charge is 0.123 e. The predicted molar refractivity (Wildman–Crippen MR) is 103 cm³/mol. The molecular weight excluding hydrogens is 322 g/mol. The third kappa shape index (κ3) is 3.71. The van der Waals surface area contributed by atoms with Crippen LogP contribution in [-0.2, 0) is 19.6 Å². The summed E-state index contributed by atoms with van der Waals surface area (Å²) in [6, 6.07) is 20.6. The Bertz CT molecular complexity index is 855. The molecule has 4 rings (SSSR count). The molecule has 2 heterocycles. The fourth-order valence-corrected chi connectivity index (χ4v) is 3.58. The van der Waals surface area contributed by atoms with Crippen LogP contribution in [0.1, 0.15) is 40.6 Å². The average Bonchev–Trinajstić information content (AvgIpc) is 2.97. The summed E-state index contributed by atoms with van der Waals surface area (Å²) >= 11 is 0. The highest BCUT2D eigenvalue weighted by Crippen LogP contribution is 2.24. The maximum absolute atomic E-state index is 10.6. The van der Waals surface area contributed by atoms with Gasteiger partial charge in [-0.05, 0) is 30.5 Å². The second kappa shape index (κ2) is 7.44. The number of rotatable bonds is 4. The largest absolute Gasteiger partial charge is 0.382 e. The monoisotopic (exact) mass is 347 g/mol. The first-order chi connectivity index (χ1) is 12.7. The van der Waals surface area contributed by atoms with Crippen molar-refractivity contribution in [2.45, 2.75) is 39.1 Å². The Morgan fingerprint density at radius 3 is 2.58 bits per heavy atom. The van der Waals surface area contributed by atoms with E-state index >= 15 is 0 Å². The predicted octanol–water partition coefficient (Wildman–Crippen LogP) is 3.68. The van der Waals surface area contributed by atoms with Crippen LogP contribution >= 0.6 is 0 Å². The van der Waals surface area contributed by atoms with E-state index in [4.69, 9.17) is 0 Å². The summed E-state index contributed by atoms with van der Waals surface area (Å²) in [5.74, 6) is 0. The maximum Gasteiger partial charge on any atom is 0.123 e. The fourth-order valence-electron chi connectivity index (χ4n) is 3.58. The van der Waals surface area contributed by atoms with E-state index in [0.717, 1.165) is 43.9 Å². The highest BCUT2D eigenvalue weighted by molar-refractivity contribution is 5.27. The van der Waals surface area contributed by atoms with Gasteiger partial charge in [0.1, 0.15) is 6.10 Å². The first-order valence-corrected chi connectivity index (χ1v) is 9.26. The summed E-state index contributed by atoms with van der Waals surface area (Å²) in [5.41, 5.74) is 5.44. The summed E-state index contributed by atoms with van der Waals surface area (Å²) in [4.78, 5) is 2.46. The summed E-state index contributed by atoms with van der Waals surface area (Å²) < 4.78 is 2.07. The van der Waals surface area contributed by atoms with E-state index in [1.165, 1.54) is 16.8 Å². The Morgan fingerprint density at radius 1 is 1.04 bits per heavy atom. The normalized spacial score (nSPS) is 16.1. The minimum Gasteiger partial charge on any atom is -0.382 e. The van der Waals surface area contributed by atoms with Crippen LogP contribution in [0.4, 0.5) is 0 Å². The first-order valence-electron chi connectivity index (χ1n) is 9.26. The molecule has 0 unspecified atom stereocenters. The lowest BCUT2D eigenvalue weighted by atomic mass is 10.1. The van der Waals surface area contributed by atoms with E-state index in [0.29, 0.717) is 0 Å². The van der Waals surface area contributed by atoms with Crippen LogP contribution in [0.15, 0.2) is 60.7 Å². The minimum absolute atomic E-state index is 0.666. The number of aliphatic hydroxyl groups excluding tert-OH is 1. The zero-order chi connectivity index (χ0) is 17.9. The number of benzene rings is 2. The molecular formula is C22H25N3O. The van der Waals surface area contributed by atoms with Crippen molar-refractivity contribution < 1.29 is 5.11 Å². The molecule has 1 atom stereocenters. The molecule has 0 saturated heterocycles. The van der Waals surface area contributed by atoms with Crippen LogP contribution in [0.2, 0.25) is 0 Å². The Morgan fingerprint density at radius 2 is 1.81 bits per heavy atom. The summed E-state index contributed by atoms with van der Waals surface area (Å²) in [6.07, 6.45) is 0.405. The molecule has 1 aliphatic rings. The highest BCUT2D eigenvalue weighted by Gasteiger charge is 2.20. The minimum atomic E-state index is -0.666. The van der Waals surface area contributed by atoms with Crippen LogP contribution in [-0.4, -0.2) is 26.3 Å². The van der Waals surface area contributed by atoms with Crippen molar-refractivity contribution in [3.05, 3.63) is 88.7 Å². The Hall–Kier alpha value is -2.43. The molecule has 134 valence electrons. The van der Waals surface area contributed by atoms with Crippen molar-refractivity contribution in [3.63, 3.8) is 0 Å². The van der Waals surface area contributed by atoms with E-state index in [9.17, 15) is 5.11 Å². The molecule has 0 saturated carbocycles. The molecule has 0 radical (unpaired) electrons. The van der Waals surface area contributed by atoms with Crippen LogP contribution in [0.25, 0.3) is 0 Å². The third-order valence-electron chi connectivity index (χ3n) is 5.03. The number of aliphatic hydroxyl groups is 1. The third-order valence-corrected chi connectivity index (χ3v) is 5.03. The van der Waals surface area contributed by atoms with Gasteiger partial charge < -0.3 is 5.11 Å². The number of aromatic nitrogens is 2. The van der Waals surface area contributed by atoms with Crippen molar-refractivity contribution in [1.82, 2.24) is 14.7 Å². The lowest BCUT2D eigenvalue weighted by molar-refractivity contribution is 0.213. The maximum atomic E-state index is 10.6. The van der Waals surface area contributed by atoms with Gasteiger partial charge in [0, 0.05) is 26.2 Å². The van der Waals surface area contributed by atoms with Gasteiger partial charge in [-0.2, -0.15) is 5.10 Å². The summed E-state index contributed by atoms with van der Waals surface area (Å²) in [5, 5.41) is 15.3. The van der Waals surface area contributed by atoms with Crippen molar-refractivity contribution in [1.29, 1.82) is 0 Å². The van der Waals surface area contributed by atoms with Crippen LogP contribution < -0.4 is 0 Å². The zero-order valence-electron chi connectivity index (χ0n) is 15.2. The van der Waals surface area contributed by atoms with Crippen molar-refractivity contribution in [2.75, 3.05) is 6.54 Å². The van der Waals surface area contributed by atoms with E-state index in [2.05, 4.69) is 51.9 Å². The number of aryl methyl sites for hydroxylation is 2. The number of hydrogen-bond donors (Lipinski definition) is 1. The van der Waals surface area contributed by atoms with Crippen LogP contribution in [0.3, 0.4) is 0 Å². The lowest BCUT2D eigenvalue weighted by Crippen LogP contribution is -2.22. The molecule has 0 fully saturated rings. The lowest BCUT2D eigenvalue weighted by Gasteiger charge is -2.19. The Labute approximate surface area is 154 Å². The SMILES string of the molecule is Cc1ccc(CN2CCCn3nc([C@H](O)c4ccccc4)cc3C2)cc1. The van der Waals surface area contributed by atoms with Gasteiger partial charge >= 0.3 is 0 Å². The van der Waals surface area contributed by atoms with Crippen LogP contribution in [0, 0.1) is 6.92 Å². The molecule has 1 aromatic heterocycles. The molecule has 1 aliphatic heterocycles. The zero-order valence-corrected chi connectivity index (χ0v) is 15.2. The van der Waals surface area contributed by atoms with E-state index < -0.39 is 6.10 Å². The van der Waals surface area contributed by atoms with Crippen molar-refractivity contribution in [3.8, 4) is 0 Å². The van der Waals surface area contributed by atoms with Gasteiger partial charge in [0.2, 0.25) is 0 Å². The fraction of sp³-hybridized carbons (Fsp3) is 0.318. The molecule has 0 amide bonds. The van der Waals surface area contributed by atoms with Gasteiger partial charge in [-0.1, -0.05) is 60.2 Å². The van der Waals surface area contributed by atoms with Gasteiger partial charge in [0.25, 0.3) is 0 Å². The van der Waals surface area contributed by atoms with Crippen molar-refractivity contribution >= 4 is 0 Å². The number of nitrogens with zero attached hydrogens (tertiary/aromatic N) is 3. The standard InChI is InChI=1S/C22H25N3O/c1-17-8-10-18(11-9-17)15-24-12-5-13-25-20(16-24)14-21(23-25)22(26)19-6-3-2-4-7-19/h2-4,6-11,14,22,26H,5,12-13,15-16H2,1H3/t22-/m1/s1. The molecule has 0 spiro atoms. The number of hydrogen-bond acceptors (Lipinski definition) is 3. The van der Waals surface area contributed by atoms with Crippen LogP contribution in [0.5, 0.6) is 0 Å². The molecule has 3 aromatic rings. The van der Waals surface area contributed by atoms with E-state index in [1.807, 2.05) is 30.3 Å². The van der Waals surface area contributed by atoms with Gasteiger partial charge in [-0.3, -0.25) is 9.58 Å². The summed E-state index contributed by atoms with van der Waals surface area (Å²) in [6.45, 7) is 5.90. The second-order valence-electron chi connectivity index (χ2n) is 7.15. The van der Waals surface area contributed by atoms with Gasteiger partial charge in [-0.25, -0.2) is 0 Å². The molecule has 4 nitrogen and oxygen atoms in total. The molecule has 1 N–H and O–H groups in total. The van der Waals surface area contributed by atoms with Gasteiger partial charge in [-0.15, -0.1) is 0 Å². The first kappa shape index (κ1) is 17.0. The molecule has 0 bridgehead atoms. The highest BCUT2D eigenvalue weighted by atomic mass is 16.3. The summed E-state index contributed by atoms with van der Waals surface area (Å²) in [7, 11) is 0. The van der Waals surface area contributed by atoms with Gasteiger partial charge in [0.15, 0.2) is 0 Å². The molecule has 0 aliphatic carbocycles.